The quantitative estimate of drug-likeness (QED) is 0.727. The molecule has 1 saturated heterocycles. The summed E-state index contributed by atoms with van der Waals surface area (Å²) in [4.78, 5) is 2.34. The summed E-state index contributed by atoms with van der Waals surface area (Å²) in [5.41, 5.74) is 1.68. The van der Waals surface area contributed by atoms with E-state index in [1.807, 2.05) is 12.1 Å². The first-order chi connectivity index (χ1) is 7.22. The third-order valence-corrected chi connectivity index (χ3v) is 3.27. The third-order valence-electron chi connectivity index (χ3n) is 2.96. The van der Waals surface area contributed by atoms with Crippen LogP contribution in [0.4, 0.5) is 5.69 Å². The van der Waals surface area contributed by atoms with Crippen LogP contribution in [-0.2, 0) is 0 Å². The Balaban J connectivity index is 2.30. The first-order valence-electron chi connectivity index (χ1n) is 5.18. The molecule has 2 nitrogen and oxygen atoms in total. The van der Waals surface area contributed by atoms with E-state index in [4.69, 9.17) is 16.9 Å². The molecule has 1 unspecified atom stereocenters. The molecule has 0 amide bonds. The second kappa shape index (κ2) is 4.12. The molecular formula is C12H13ClN2. The van der Waals surface area contributed by atoms with Crippen molar-refractivity contribution in [2.45, 2.75) is 25.8 Å². The Labute approximate surface area is 95.1 Å². The monoisotopic (exact) mass is 220 g/mol. The van der Waals surface area contributed by atoms with Crippen LogP contribution in [0.15, 0.2) is 18.2 Å². The van der Waals surface area contributed by atoms with Crippen LogP contribution < -0.4 is 4.90 Å². The van der Waals surface area contributed by atoms with Gasteiger partial charge in [-0.2, -0.15) is 5.26 Å². The van der Waals surface area contributed by atoms with E-state index in [0.29, 0.717) is 16.6 Å². The summed E-state index contributed by atoms with van der Waals surface area (Å²) in [6, 6.07) is 8.32. The lowest BCUT2D eigenvalue weighted by atomic mass is 10.2. The molecule has 15 heavy (non-hydrogen) atoms. The van der Waals surface area contributed by atoms with Crippen molar-refractivity contribution in [3.05, 3.63) is 28.8 Å². The van der Waals surface area contributed by atoms with Gasteiger partial charge >= 0.3 is 0 Å². The van der Waals surface area contributed by atoms with Crippen molar-refractivity contribution in [3.8, 4) is 6.07 Å². The number of hydrogen-bond donors (Lipinski definition) is 0. The maximum atomic E-state index is 8.78. The normalized spacial score (nSPS) is 20.3. The zero-order valence-electron chi connectivity index (χ0n) is 8.70. The number of hydrogen-bond acceptors (Lipinski definition) is 2. The summed E-state index contributed by atoms with van der Waals surface area (Å²) in [5.74, 6) is 0. The SMILES string of the molecule is CC1CCCN1c1ccc(C#N)c(Cl)c1. The molecule has 0 bridgehead atoms. The van der Waals surface area contributed by atoms with Gasteiger partial charge < -0.3 is 4.90 Å². The number of rotatable bonds is 1. The Kier molecular flexibility index (Phi) is 2.83. The van der Waals surface area contributed by atoms with E-state index >= 15 is 0 Å². The average Bonchev–Trinajstić information content (AvgIpc) is 2.64. The topological polar surface area (TPSA) is 27.0 Å². The predicted octanol–water partition coefficient (Wildman–Crippen LogP) is 3.20. The van der Waals surface area contributed by atoms with Crippen molar-refractivity contribution >= 4 is 17.3 Å². The highest BCUT2D eigenvalue weighted by atomic mass is 35.5. The molecule has 0 spiro atoms. The molecule has 0 saturated carbocycles. The third kappa shape index (κ3) is 1.93. The maximum absolute atomic E-state index is 8.78. The van der Waals surface area contributed by atoms with Gasteiger partial charge in [-0.3, -0.25) is 0 Å². The van der Waals surface area contributed by atoms with Gasteiger partial charge in [0.25, 0.3) is 0 Å². The minimum Gasteiger partial charge on any atom is -0.369 e. The largest absolute Gasteiger partial charge is 0.369 e. The van der Waals surface area contributed by atoms with Crippen molar-refractivity contribution in [1.82, 2.24) is 0 Å². The lowest BCUT2D eigenvalue weighted by molar-refractivity contribution is 0.735. The Hall–Kier alpha value is -1.20. The number of nitriles is 1. The minimum atomic E-state index is 0.548. The van der Waals surface area contributed by atoms with Crippen LogP contribution in [0, 0.1) is 11.3 Å². The van der Waals surface area contributed by atoms with E-state index in [-0.39, 0.29) is 0 Å². The van der Waals surface area contributed by atoms with Crippen molar-refractivity contribution in [3.63, 3.8) is 0 Å². The molecule has 3 heteroatoms. The summed E-state index contributed by atoms with van der Waals surface area (Å²) in [5, 5.41) is 9.33. The van der Waals surface area contributed by atoms with E-state index < -0.39 is 0 Å². The summed E-state index contributed by atoms with van der Waals surface area (Å²) >= 11 is 6.01. The Bertz CT molecular complexity index is 409. The van der Waals surface area contributed by atoms with Gasteiger partial charge in [-0.05, 0) is 38.0 Å². The Morgan fingerprint density at radius 2 is 2.33 bits per heavy atom. The van der Waals surface area contributed by atoms with Crippen molar-refractivity contribution < 1.29 is 0 Å². The molecular weight excluding hydrogens is 208 g/mol. The maximum Gasteiger partial charge on any atom is 0.101 e. The molecule has 0 aromatic heterocycles. The highest BCUT2D eigenvalue weighted by Crippen LogP contribution is 2.28. The van der Waals surface area contributed by atoms with Crippen molar-refractivity contribution in [1.29, 1.82) is 5.26 Å². The Morgan fingerprint density at radius 3 is 2.87 bits per heavy atom. The van der Waals surface area contributed by atoms with Gasteiger partial charge in [0.15, 0.2) is 0 Å². The molecule has 78 valence electrons. The first-order valence-corrected chi connectivity index (χ1v) is 5.56. The lowest BCUT2D eigenvalue weighted by Crippen LogP contribution is -2.26. The van der Waals surface area contributed by atoms with Crippen LogP contribution in [0.1, 0.15) is 25.3 Å². The minimum absolute atomic E-state index is 0.548. The van der Waals surface area contributed by atoms with Crippen LogP contribution in [0.2, 0.25) is 5.02 Å². The molecule has 1 heterocycles. The average molecular weight is 221 g/mol. The predicted molar refractivity (Wildman–Crippen MR) is 62.2 cm³/mol. The summed E-state index contributed by atoms with van der Waals surface area (Å²) in [6.45, 7) is 3.31. The molecule has 0 N–H and O–H groups in total. The van der Waals surface area contributed by atoms with E-state index in [1.54, 1.807) is 6.07 Å². The van der Waals surface area contributed by atoms with Gasteiger partial charge in [-0.15, -0.1) is 0 Å². The van der Waals surface area contributed by atoms with Crippen LogP contribution in [0.25, 0.3) is 0 Å². The molecule has 2 rings (SSSR count). The number of nitrogens with zero attached hydrogens (tertiary/aromatic N) is 2. The molecule has 1 aliphatic rings. The van der Waals surface area contributed by atoms with Gasteiger partial charge in [0.05, 0.1) is 10.6 Å². The van der Waals surface area contributed by atoms with E-state index in [2.05, 4.69) is 17.9 Å². The molecule has 1 aromatic rings. The number of halogens is 1. The van der Waals surface area contributed by atoms with Crippen molar-refractivity contribution in [2.24, 2.45) is 0 Å². The summed E-state index contributed by atoms with van der Waals surface area (Å²) < 4.78 is 0. The fourth-order valence-electron chi connectivity index (χ4n) is 2.09. The Morgan fingerprint density at radius 1 is 1.53 bits per heavy atom. The summed E-state index contributed by atoms with van der Waals surface area (Å²) in [7, 11) is 0. The molecule has 1 aliphatic heterocycles. The zero-order chi connectivity index (χ0) is 10.8. The lowest BCUT2D eigenvalue weighted by Gasteiger charge is -2.23. The van der Waals surface area contributed by atoms with Gasteiger partial charge in [0, 0.05) is 18.3 Å². The molecule has 0 aliphatic carbocycles. The second-order valence-electron chi connectivity index (χ2n) is 3.96. The highest BCUT2D eigenvalue weighted by molar-refractivity contribution is 6.32. The van der Waals surface area contributed by atoms with Crippen LogP contribution >= 0.6 is 11.6 Å². The summed E-state index contributed by atoms with van der Waals surface area (Å²) in [6.07, 6.45) is 2.47. The molecule has 1 atom stereocenters. The first kappa shape index (κ1) is 10.3. The number of anilines is 1. The highest BCUT2D eigenvalue weighted by Gasteiger charge is 2.20. The van der Waals surface area contributed by atoms with Gasteiger partial charge in [-0.1, -0.05) is 11.6 Å². The standard InChI is InChI=1S/C12H13ClN2/c1-9-3-2-6-15(9)11-5-4-10(8-14)12(13)7-11/h4-5,7,9H,2-3,6H2,1H3. The van der Waals surface area contributed by atoms with Crippen LogP contribution in [0.5, 0.6) is 0 Å². The van der Waals surface area contributed by atoms with Crippen molar-refractivity contribution in [2.75, 3.05) is 11.4 Å². The van der Waals surface area contributed by atoms with Crippen LogP contribution in [-0.4, -0.2) is 12.6 Å². The van der Waals surface area contributed by atoms with Gasteiger partial charge in [0.2, 0.25) is 0 Å². The van der Waals surface area contributed by atoms with Crippen LogP contribution in [0.3, 0.4) is 0 Å². The molecule has 1 fully saturated rings. The van der Waals surface area contributed by atoms with E-state index in [1.165, 1.54) is 12.8 Å². The van der Waals surface area contributed by atoms with Gasteiger partial charge in [0.1, 0.15) is 6.07 Å². The molecule has 1 aromatic carbocycles. The fraction of sp³-hybridized carbons (Fsp3) is 0.417. The molecule has 0 radical (unpaired) electrons. The smallest absolute Gasteiger partial charge is 0.101 e. The van der Waals surface area contributed by atoms with Gasteiger partial charge in [-0.25, -0.2) is 0 Å². The zero-order valence-corrected chi connectivity index (χ0v) is 9.46. The number of benzene rings is 1. The van der Waals surface area contributed by atoms with E-state index in [9.17, 15) is 0 Å². The fourth-order valence-corrected chi connectivity index (χ4v) is 2.31. The second-order valence-corrected chi connectivity index (χ2v) is 4.37. The van der Waals surface area contributed by atoms with E-state index in [0.717, 1.165) is 12.2 Å².